The van der Waals surface area contributed by atoms with Gasteiger partial charge in [0.25, 0.3) is 0 Å². The summed E-state index contributed by atoms with van der Waals surface area (Å²) < 4.78 is 1.06. The fourth-order valence-corrected chi connectivity index (χ4v) is 5.70. The van der Waals surface area contributed by atoms with Crippen molar-refractivity contribution in [2.45, 2.75) is 30.7 Å². The normalized spacial score (nSPS) is 25.3. The minimum atomic E-state index is -0.259. The molecule has 0 aliphatic carbocycles. The lowest BCUT2D eigenvalue weighted by atomic mass is 9.60. The fourth-order valence-electron chi connectivity index (χ4n) is 5.16. The van der Waals surface area contributed by atoms with Crippen molar-refractivity contribution in [3.05, 3.63) is 98.5 Å². The van der Waals surface area contributed by atoms with Crippen LogP contribution < -0.4 is 5.32 Å². The number of nitrogens with zero attached hydrogens (tertiary/aromatic N) is 1. The molecule has 5 rings (SSSR count). The molecule has 3 aromatic rings. The molecule has 3 atom stereocenters. The number of halogens is 2. The Hall–Kier alpha value is -1.94. The van der Waals surface area contributed by atoms with E-state index in [0.717, 1.165) is 28.1 Å². The molecule has 0 aromatic heterocycles. The van der Waals surface area contributed by atoms with Gasteiger partial charge in [0.2, 0.25) is 0 Å². The van der Waals surface area contributed by atoms with Gasteiger partial charge >= 0.3 is 0 Å². The van der Waals surface area contributed by atoms with E-state index in [1.165, 1.54) is 22.3 Å². The van der Waals surface area contributed by atoms with Crippen LogP contribution in [0.1, 0.15) is 40.6 Å². The minimum Gasteiger partial charge on any atom is -0.309 e. The summed E-state index contributed by atoms with van der Waals surface area (Å²) in [5.41, 5.74) is 5.99. The molecule has 3 aromatic carbocycles. The number of aliphatic imine (C=N–C) groups is 1. The Morgan fingerprint density at radius 2 is 1.93 bits per heavy atom. The first-order valence-electron chi connectivity index (χ1n) is 9.99. The highest BCUT2D eigenvalue weighted by Gasteiger charge is 2.52. The Bertz CT molecular complexity index is 1110. The van der Waals surface area contributed by atoms with Crippen LogP contribution in [0.5, 0.6) is 0 Å². The molecule has 2 aliphatic heterocycles. The van der Waals surface area contributed by atoms with Crippen molar-refractivity contribution >= 4 is 39.4 Å². The molecular weight excluding hydrogens is 444 g/mol. The predicted octanol–water partition coefficient (Wildman–Crippen LogP) is 6.88. The quantitative estimate of drug-likeness (QED) is 0.438. The van der Waals surface area contributed by atoms with E-state index in [0.29, 0.717) is 5.92 Å². The van der Waals surface area contributed by atoms with Crippen LogP contribution in [0.2, 0.25) is 5.02 Å². The molecule has 1 spiro atoms. The van der Waals surface area contributed by atoms with E-state index in [-0.39, 0.29) is 11.5 Å². The van der Waals surface area contributed by atoms with Gasteiger partial charge < -0.3 is 5.32 Å². The van der Waals surface area contributed by atoms with E-state index >= 15 is 0 Å². The molecule has 2 heterocycles. The number of benzene rings is 3. The molecule has 0 radical (unpaired) electrons. The molecule has 1 saturated heterocycles. The number of hydrogen-bond acceptors (Lipinski definition) is 2. The number of aryl methyl sites for hydroxylation is 1. The van der Waals surface area contributed by atoms with Crippen LogP contribution in [0.15, 0.2) is 76.2 Å². The summed E-state index contributed by atoms with van der Waals surface area (Å²) in [6, 6.07) is 23.7. The van der Waals surface area contributed by atoms with Gasteiger partial charge in [0.1, 0.15) is 0 Å². The molecule has 0 saturated carbocycles. The number of hydrogen-bond donors (Lipinski definition) is 1. The Balaban J connectivity index is 1.76. The Morgan fingerprint density at radius 3 is 2.76 bits per heavy atom. The van der Waals surface area contributed by atoms with Crippen LogP contribution in [0.25, 0.3) is 0 Å². The molecule has 29 heavy (non-hydrogen) atoms. The molecule has 0 bridgehead atoms. The van der Waals surface area contributed by atoms with Gasteiger partial charge in [-0.2, -0.15) is 0 Å². The monoisotopic (exact) mass is 464 g/mol. The topological polar surface area (TPSA) is 24.4 Å². The van der Waals surface area contributed by atoms with E-state index in [1.807, 2.05) is 6.07 Å². The lowest BCUT2D eigenvalue weighted by Crippen LogP contribution is -2.51. The SMILES string of the molecule is Cc1ccccc1[C@H]1NCC[C@@H](c2cccc(Cl)c2)[C@]12C=Nc1cc(Br)ccc12. The highest BCUT2D eigenvalue weighted by molar-refractivity contribution is 9.10. The van der Waals surface area contributed by atoms with Crippen LogP contribution in [0, 0.1) is 6.92 Å². The van der Waals surface area contributed by atoms with Crippen LogP contribution in [-0.4, -0.2) is 12.8 Å². The van der Waals surface area contributed by atoms with Crippen LogP contribution in [-0.2, 0) is 5.41 Å². The summed E-state index contributed by atoms with van der Waals surface area (Å²) in [5, 5.41) is 4.63. The van der Waals surface area contributed by atoms with Crippen molar-refractivity contribution < 1.29 is 0 Å². The van der Waals surface area contributed by atoms with Crippen molar-refractivity contribution in [1.29, 1.82) is 0 Å². The first-order chi connectivity index (χ1) is 14.1. The maximum atomic E-state index is 6.40. The minimum absolute atomic E-state index is 0.146. The van der Waals surface area contributed by atoms with Gasteiger partial charge in [-0.25, -0.2) is 0 Å². The van der Waals surface area contributed by atoms with Crippen molar-refractivity contribution in [1.82, 2.24) is 5.32 Å². The van der Waals surface area contributed by atoms with Gasteiger partial charge in [0, 0.05) is 27.7 Å². The summed E-state index contributed by atoms with van der Waals surface area (Å²) >= 11 is 10.0. The third-order valence-electron chi connectivity index (χ3n) is 6.43. The van der Waals surface area contributed by atoms with Gasteiger partial charge in [0.15, 0.2) is 0 Å². The van der Waals surface area contributed by atoms with Crippen LogP contribution in [0.4, 0.5) is 5.69 Å². The van der Waals surface area contributed by atoms with Gasteiger partial charge in [-0.1, -0.05) is 70.0 Å². The molecule has 1 N–H and O–H groups in total. The summed E-state index contributed by atoms with van der Waals surface area (Å²) in [4.78, 5) is 4.91. The first-order valence-corrected chi connectivity index (χ1v) is 11.2. The fraction of sp³-hybridized carbons (Fsp3) is 0.240. The maximum absolute atomic E-state index is 6.40. The van der Waals surface area contributed by atoms with Gasteiger partial charge in [0.05, 0.1) is 11.1 Å². The van der Waals surface area contributed by atoms with Crippen LogP contribution in [0.3, 0.4) is 0 Å². The van der Waals surface area contributed by atoms with Crippen molar-refractivity contribution in [2.75, 3.05) is 6.54 Å². The number of fused-ring (bicyclic) bond motifs is 2. The van der Waals surface area contributed by atoms with E-state index in [4.69, 9.17) is 16.6 Å². The zero-order valence-corrected chi connectivity index (χ0v) is 18.5. The largest absolute Gasteiger partial charge is 0.309 e. The number of rotatable bonds is 2. The number of piperidine rings is 1. The van der Waals surface area contributed by atoms with E-state index in [9.17, 15) is 0 Å². The Kier molecular flexibility index (Phi) is 4.85. The second-order valence-electron chi connectivity index (χ2n) is 7.99. The average molecular weight is 466 g/mol. The van der Waals surface area contributed by atoms with E-state index < -0.39 is 0 Å². The first kappa shape index (κ1) is 19.0. The highest BCUT2D eigenvalue weighted by Crippen LogP contribution is 2.56. The van der Waals surface area contributed by atoms with Crippen molar-refractivity contribution in [3.63, 3.8) is 0 Å². The van der Waals surface area contributed by atoms with Crippen molar-refractivity contribution in [2.24, 2.45) is 4.99 Å². The molecule has 1 fully saturated rings. The van der Waals surface area contributed by atoms with E-state index in [1.54, 1.807) is 0 Å². The lowest BCUT2D eigenvalue weighted by Gasteiger charge is -2.48. The molecular formula is C25H22BrClN2. The molecule has 0 amide bonds. The predicted molar refractivity (Wildman–Crippen MR) is 125 cm³/mol. The summed E-state index contributed by atoms with van der Waals surface area (Å²) in [7, 11) is 0. The Morgan fingerprint density at radius 1 is 1.07 bits per heavy atom. The highest BCUT2D eigenvalue weighted by atomic mass is 79.9. The van der Waals surface area contributed by atoms with Gasteiger partial charge in [-0.05, 0) is 66.4 Å². The maximum Gasteiger partial charge on any atom is 0.0679 e. The molecule has 4 heteroatoms. The van der Waals surface area contributed by atoms with Crippen molar-refractivity contribution in [3.8, 4) is 0 Å². The zero-order chi connectivity index (χ0) is 20.0. The second kappa shape index (κ2) is 7.39. The summed E-state index contributed by atoms with van der Waals surface area (Å²) in [6.07, 6.45) is 3.23. The third-order valence-corrected chi connectivity index (χ3v) is 7.16. The molecule has 2 nitrogen and oxygen atoms in total. The van der Waals surface area contributed by atoms with E-state index in [2.05, 4.69) is 95.0 Å². The lowest BCUT2D eigenvalue weighted by molar-refractivity contribution is 0.269. The molecule has 2 aliphatic rings. The average Bonchev–Trinajstić information content (AvgIpc) is 3.07. The van der Waals surface area contributed by atoms with Crippen LogP contribution >= 0.6 is 27.5 Å². The van der Waals surface area contributed by atoms with Gasteiger partial charge in [-0.15, -0.1) is 0 Å². The Labute approximate surface area is 185 Å². The summed E-state index contributed by atoms with van der Waals surface area (Å²) in [5.74, 6) is 0.290. The smallest absolute Gasteiger partial charge is 0.0679 e. The zero-order valence-electron chi connectivity index (χ0n) is 16.2. The van der Waals surface area contributed by atoms with Gasteiger partial charge in [-0.3, -0.25) is 4.99 Å². The number of nitrogens with one attached hydrogen (secondary N) is 1. The standard InChI is InChI=1S/C25H22BrClN2/c1-16-5-2-3-8-20(16)24-25(15-29-23-14-18(26)9-10-22(23)25)21(11-12-28-24)17-6-4-7-19(27)13-17/h2-10,13-15,21,24,28H,11-12H2,1H3/t21-,24+,25-/m0/s1. The molecule has 0 unspecified atom stereocenters. The molecule has 146 valence electrons. The summed E-state index contributed by atoms with van der Waals surface area (Å²) in [6.45, 7) is 3.15. The third kappa shape index (κ3) is 3.07. The second-order valence-corrected chi connectivity index (χ2v) is 9.34.